The van der Waals surface area contributed by atoms with Crippen LogP contribution in [0.3, 0.4) is 0 Å². The Kier molecular flexibility index (Phi) is 4.92. The molecule has 0 saturated heterocycles. The fourth-order valence-corrected chi connectivity index (χ4v) is 2.50. The third-order valence-electron chi connectivity index (χ3n) is 3.88. The average molecular weight is 353 g/mol. The smallest absolute Gasteiger partial charge is 0.379 e. The molecule has 1 unspecified atom stereocenters. The molecule has 0 radical (unpaired) electrons. The number of rotatable bonds is 5. The molecule has 3 aromatic rings. The van der Waals surface area contributed by atoms with Gasteiger partial charge in [-0.05, 0) is 25.5 Å². The van der Waals surface area contributed by atoms with Gasteiger partial charge < -0.3 is 9.64 Å². The van der Waals surface area contributed by atoms with Crippen molar-refractivity contribution < 1.29 is 14.3 Å². The third kappa shape index (κ3) is 3.69. The van der Waals surface area contributed by atoms with Crippen LogP contribution in [-0.4, -0.2) is 49.5 Å². The van der Waals surface area contributed by atoms with E-state index < -0.39 is 12.1 Å². The molecule has 8 heteroatoms. The van der Waals surface area contributed by atoms with Crippen LogP contribution >= 0.6 is 0 Å². The van der Waals surface area contributed by atoms with Crippen LogP contribution < -0.4 is 0 Å². The molecule has 0 aliphatic heterocycles. The van der Waals surface area contributed by atoms with Crippen molar-refractivity contribution in [3.63, 3.8) is 0 Å². The Morgan fingerprint density at radius 3 is 2.65 bits per heavy atom. The van der Waals surface area contributed by atoms with Crippen molar-refractivity contribution in [1.29, 1.82) is 0 Å². The van der Waals surface area contributed by atoms with Crippen LogP contribution in [-0.2, 0) is 16.1 Å². The predicted molar refractivity (Wildman–Crippen MR) is 93.3 cm³/mol. The predicted octanol–water partition coefficient (Wildman–Crippen LogP) is 1.64. The fourth-order valence-electron chi connectivity index (χ4n) is 2.50. The number of carbonyl (C=O) groups is 2. The fraction of sp³-hybridized carbons (Fsp3) is 0.278. The summed E-state index contributed by atoms with van der Waals surface area (Å²) in [7, 11) is 1.66. The lowest BCUT2D eigenvalue weighted by Gasteiger charge is -2.21. The molecule has 0 bridgehead atoms. The number of esters is 1. The van der Waals surface area contributed by atoms with Gasteiger partial charge in [-0.2, -0.15) is 4.98 Å². The third-order valence-corrected chi connectivity index (χ3v) is 3.88. The van der Waals surface area contributed by atoms with Crippen LogP contribution in [0.25, 0.3) is 5.78 Å². The molecule has 0 spiro atoms. The van der Waals surface area contributed by atoms with Gasteiger partial charge in [-0.1, -0.05) is 30.3 Å². The first-order valence-corrected chi connectivity index (χ1v) is 8.14. The molecule has 1 amide bonds. The maximum Gasteiger partial charge on any atom is 0.379 e. The number of aryl methyl sites for hydroxylation is 1. The highest BCUT2D eigenvalue weighted by atomic mass is 16.5. The van der Waals surface area contributed by atoms with Crippen molar-refractivity contribution in [3.8, 4) is 0 Å². The number of likely N-dealkylation sites (N-methyl/N-ethyl adjacent to an activating group) is 1. The summed E-state index contributed by atoms with van der Waals surface area (Å²) in [5, 5.41) is 4.08. The second kappa shape index (κ2) is 7.30. The Hall–Kier alpha value is -3.29. The lowest BCUT2D eigenvalue weighted by Crippen LogP contribution is -2.37. The summed E-state index contributed by atoms with van der Waals surface area (Å²) in [6.07, 6.45) is 0.635. The molecule has 0 aliphatic rings. The second-order valence-corrected chi connectivity index (χ2v) is 5.96. The zero-order valence-corrected chi connectivity index (χ0v) is 14.8. The van der Waals surface area contributed by atoms with Crippen LogP contribution in [0, 0.1) is 6.92 Å². The van der Waals surface area contributed by atoms with Crippen molar-refractivity contribution in [2.75, 3.05) is 7.05 Å². The van der Waals surface area contributed by atoms with Gasteiger partial charge in [0.1, 0.15) is 0 Å². The Morgan fingerprint density at radius 1 is 1.23 bits per heavy atom. The molecule has 2 heterocycles. The topological polar surface area (TPSA) is 89.7 Å². The van der Waals surface area contributed by atoms with E-state index >= 15 is 0 Å². The minimum Gasteiger partial charge on any atom is -0.447 e. The number of amides is 1. The molecule has 0 fully saturated rings. The van der Waals surface area contributed by atoms with E-state index in [0.29, 0.717) is 12.3 Å². The maximum absolute atomic E-state index is 12.4. The molecule has 1 atom stereocenters. The van der Waals surface area contributed by atoms with Crippen LogP contribution in [0.1, 0.15) is 28.8 Å². The average Bonchev–Trinajstić information content (AvgIpc) is 3.07. The van der Waals surface area contributed by atoms with Crippen molar-refractivity contribution >= 4 is 17.7 Å². The van der Waals surface area contributed by atoms with E-state index in [9.17, 15) is 9.59 Å². The number of benzene rings is 1. The molecule has 134 valence electrons. The van der Waals surface area contributed by atoms with Crippen LogP contribution in [0.2, 0.25) is 0 Å². The van der Waals surface area contributed by atoms with Crippen molar-refractivity contribution in [1.82, 2.24) is 24.5 Å². The Bertz CT molecular complexity index is 938. The Balaban J connectivity index is 1.65. The van der Waals surface area contributed by atoms with Crippen molar-refractivity contribution in [2.45, 2.75) is 26.5 Å². The second-order valence-electron chi connectivity index (χ2n) is 5.96. The van der Waals surface area contributed by atoms with Gasteiger partial charge in [-0.25, -0.2) is 14.3 Å². The van der Waals surface area contributed by atoms with Gasteiger partial charge in [0.15, 0.2) is 6.10 Å². The number of aromatic nitrogens is 4. The molecule has 1 aromatic carbocycles. The van der Waals surface area contributed by atoms with Gasteiger partial charge in [-0.3, -0.25) is 4.79 Å². The zero-order chi connectivity index (χ0) is 18.7. The highest BCUT2D eigenvalue weighted by molar-refractivity contribution is 5.89. The van der Waals surface area contributed by atoms with E-state index in [-0.39, 0.29) is 11.7 Å². The van der Waals surface area contributed by atoms with Crippen molar-refractivity contribution in [3.05, 3.63) is 59.7 Å². The largest absolute Gasteiger partial charge is 0.447 e. The lowest BCUT2D eigenvalue weighted by atomic mass is 10.2. The lowest BCUT2D eigenvalue weighted by molar-refractivity contribution is -0.139. The molecule has 0 aliphatic carbocycles. The van der Waals surface area contributed by atoms with Gasteiger partial charge in [-0.15, -0.1) is 5.10 Å². The number of fused-ring (bicyclic) bond motifs is 1. The summed E-state index contributed by atoms with van der Waals surface area (Å²) >= 11 is 0. The molecule has 26 heavy (non-hydrogen) atoms. The number of nitrogens with zero attached hydrogens (tertiary/aromatic N) is 5. The standard InChI is InChI=1S/C18H19N5O3/c1-12-9-10-19-18-20-15(21-23(12)18)17(25)26-13(2)16(24)22(3)11-14-7-5-4-6-8-14/h4-10,13H,11H2,1-3H3. The highest BCUT2D eigenvalue weighted by Crippen LogP contribution is 2.08. The highest BCUT2D eigenvalue weighted by Gasteiger charge is 2.25. The summed E-state index contributed by atoms with van der Waals surface area (Å²) in [6, 6.07) is 11.3. The minimum atomic E-state index is -0.947. The summed E-state index contributed by atoms with van der Waals surface area (Å²) in [4.78, 5) is 34.3. The summed E-state index contributed by atoms with van der Waals surface area (Å²) in [5.41, 5.74) is 1.78. The van der Waals surface area contributed by atoms with Crippen LogP contribution in [0.4, 0.5) is 0 Å². The van der Waals surface area contributed by atoms with E-state index in [4.69, 9.17) is 4.74 Å². The van der Waals surface area contributed by atoms with Gasteiger partial charge in [0.05, 0.1) is 0 Å². The number of carbonyl (C=O) groups excluding carboxylic acids is 2. The van der Waals surface area contributed by atoms with E-state index in [1.54, 1.807) is 19.3 Å². The number of ether oxygens (including phenoxy) is 1. The first-order valence-electron chi connectivity index (χ1n) is 8.14. The number of hydrogen-bond donors (Lipinski definition) is 0. The molecule has 3 rings (SSSR count). The van der Waals surface area contributed by atoms with Gasteiger partial charge in [0, 0.05) is 25.5 Å². The van der Waals surface area contributed by atoms with Gasteiger partial charge in [0.25, 0.3) is 17.5 Å². The maximum atomic E-state index is 12.4. The normalized spacial score (nSPS) is 12.0. The van der Waals surface area contributed by atoms with E-state index in [1.807, 2.05) is 37.3 Å². The van der Waals surface area contributed by atoms with E-state index in [1.165, 1.54) is 16.3 Å². The summed E-state index contributed by atoms with van der Waals surface area (Å²) in [5.74, 6) is -0.890. The molecule has 2 aromatic heterocycles. The van der Waals surface area contributed by atoms with E-state index in [2.05, 4.69) is 15.1 Å². The van der Waals surface area contributed by atoms with Crippen LogP contribution in [0.5, 0.6) is 0 Å². The SMILES string of the molecule is Cc1ccnc2nc(C(=O)OC(C)C(=O)N(C)Cc3ccccc3)nn12. The van der Waals surface area contributed by atoms with E-state index in [0.717, 1.165) is 11.3 Å². The Labute approximate surface area is 150 Å². The molecular weight excluding hydrogens is 334 g/mol. The Morgan fingerprint density at radius 2 is 1.96 bits per heavy atom. The molecular formula is C18H19N5O3. The van der Waals surface area contributed by atoms with Crippen LogP contribution in [0.15, 0.2) is 42.6 Å². The summed E-state index contributed by atoms with van der Waals surface area (Å²) in [6.45, 7) is 3.78. The molecule has 8 nitrogen and oxygen atoms in total. The summed E-state index contributed by atoms with van der Waals surface area (Å²) < 4.78 is 6.68. The molecule has 0 saturated carbocycles. The monoisotopic (exact) mass is 353 g/mol. The minimum absolute atomic E-state index is 0.128. The van der Waals surface area contributed by atoms with Crippen molar-refractivity contribution in [2.24, 2.45) is 0 Å². The first-order chi connectivity index (χ1) is 12.5. The van der Waals surface area contributed by atoms with Gasteiger partial charge in [0.2, 0.25) is 0 Å². The van der Waals surface area contributed by atoms with Gasteiger partial charge >= 0.3 is 5.97 Å². The zero-order valence-electron chi connectivity index (χ0n) is 14.8. The first kappa shape index (κ1) is 17.5. The quantitative estimate of drug-likeness (QED) is 0.648. The number of hydrogen-bond acceptors (Lipinski definition) is 6. The molecule has 0 N–H and O–H groups in total.